The quantitative estimate of drug-likeness (QED) is 0.568. The number of alkyl halides is 6. The number of nitrogens with one attached hydrogen (secondary N) is 1. The number of amides is 2. The molecule has 12 heteroatoms. The van der Waals surface area contributed by atoms with Gasteiger partial charge in [0.15, 0.2) is 0 Å². The summed E-state index contributed by atoms with van der Waals surface area (Å²) in [6.45, 7) is 0. The molecule has 0 aliphatic heterocycles. The molecular weight excluding hydrogens is 462 g/mol. The maximum Gasteiger partial charge on any atom is 0.416 e. The predicted molar refractivity (Wildman–Crippen MR) is 104 cm³/mol. The van der Waals surface area contributed by atoms with Crippen LogP contribution in [0.3, 0.4) is 0 Å². The van der Waals surface area contributed by atoms with E-state index in [0.717, 1.165) is 0 Å². The molecule has 0 aliphatic carbocycles. The third-order valence-electron chi connectivity index (χ3n) is 4.29. The van der Waals surface area contributed by atoms with Crippen LogP contribution in [0.4, 0.5) is 26.3 Å². The zero-order valence-corrected chi connectivity index (χ0v) is 17.1. The summed E-state index contributed by atoms with van der Waals surface area (Å²) in [6, 6.07) is 7.73. The van der Waals surface area contributed by atoms with E-state index in [1.165, 1.54) is 0 Å². The third-order valence-corrected chi connectivity index (χ3v) is 5.69. The van der Waals surface area contributed by atoms with Crippen molar-refractivity contribution < 1.29 is 40.1 Å². The number of benzene rings is 2. The first-order valence-electron chi connectivity index (χ1n) is 9.08. The Balaban J connectivity index is 2.11. The Kier molecular flexibility index (Phi) is 8.05. The van der Waals surface area contributed by atoms with E-state index in [9.17, 15) is 40.1 Å². The molecule has 0 fully saturated rings. The fraction of sp³-hybridized carbons (Fsp3) is 0.300. The zero-order chi connectivity index (χ0) is 24.1. The molecule has 2 atom stereocenters. The summed E-state index contributed by atoms with van der Waals surface area (Å²) in [5.41, 5.74) is 1.56. The minimum absolute atomic E-state index is 0.0491. The van der Waals surface area contributed by atoms with Gasteiger partial charge in [-0.3, -0.25) is 13.8 Å². The van der Waals surface area contributed by atoms with Crippen molar-refractivity contribution in [2.24, 2.45) is 5.73 Å². The van der Waals surface area contributed by atoms with E-state index in [4.69, 9.17) is 5.73 Å². The van der Waals surface area contributed by atoms with E-state index in [1.54, 1.807) is 30.3 Å². The van der Waals surface area contributed by atoms with Crippen LogP contribution in [0.5, 0.6) is 0 Å². The summed E-state index contributed by atoms with van der Waals surface area (Å²) in [4.78, 5) is 24.3. The van der Waals surface area contributed by atoms with Crippen molar-refractivity contribution in [3.05, 3.63) is 65.2 Å². The second-order valence-corrected chi connectivity index (χ2v) is 8.34. The van der Waals surface area contributed by atoms with Crippen LogP contribution in [-0.4, -0.2) is 27.8 Å². The molecule has 32 heavy (non-hydrogen) atoms. The van der Waals surface area contributed by atoms with Crippen LogP contribution in [0, 0.1) is 0 Å². The number of hydrogen-bond donors (Lipinski definition) is 2. The van der Waals surface area contributed by atoms with Gasteiger partial charge >= 0.3 is 12.4 Å². The minimum atomic E-state index is -5.05. The van der Waals surface area contributed by atoms with Crippen molar-refractivity contribution in [2.75, 3.05) is 5.75 Å². The molecule has 0 spiro atoms. The summed E-state index contributed by atoms with van der Waals surface area (Å²) in [5, 5.41) is 2.18. The molecule has 0 unspecified atom stereocenters. The van der Waals surface area contributed by atoms with Gasteiger partial charge in [0, 0.05) is 10.6 Å². The monoisotopic (exact) mass is 480 g/mol. The third kappa shape index (κ3) is 7.36. The van der Waals surface area contributed by atoms with Crippen molar-refractivity contribution >= 4 is 22.6 Å². The molecule has 2 rings (SSSR count). The fourth-order valence-corrected chi connectivity index (χ4v) is 3.90. The number of halogens is 6. The normalized spacial score (nSPS) is 13.9. The average Bonchev–Trinajstić information content (AvgIpc) is 2.69. The number of hydrogen-bond acceptors (Lipinski definition) is 3. The maximum absolute atomic E-state index is 12.9. The molecule has 2 aromatic carbocycles. The molecule has 174 valence electrons. The Morgan fingerprint density at radius 1 is 0.938 bits per heavy atom. The van der Waals surface area contributed by atoms with Crippen LogP contribution in [0.1, 0.15) is 23.1 Å². The molecule has 0 aromatic heterocycles. The van der Waals surface area contributed by atoms with E-state index in [-0.39, 0.29) is 18.2 Å². The number of carbonyl (C=O) groups excluding carboxylic acids is 2. The highest BCUT2D eigenvalue weighted by molar-refractivity contribution is 7.85. The predicted octanol–water partition coefficient (Wildman–Crippen LogP) is 3.43. The highest BCUT2D eigenvalue weighted by atomic mass is 32.2. The average molecular weight is 480 g/mol. The first-order valence-corrected chi connectivity index (χ1v) is 10.4. The van der Waals surface area contributed by atoms with Crippen LogP contribution in [0.15, 0.2) is 53.4 Å². The molecule has 0 bridgehead atoms. The largest absolute Gasteiger partial charge is 0.416 e. The van der Waals surface area contributed by atoms with Gasteiger partial charge in [-0.25, -0.2) is 0 Å². The Hall–Kier alpha value is -2.89. The van der Waals surface area contributed by atoms with Crippen molar-refractivity contribution in [1.29, 1.82) is 0 Å². The highest BCUT2D eigenvalue weighted by Crippen LogP contribution is 2.36. The lowest BCUT2D eigenvalue weighted by molar-refractivity contribution is -0.143. The fourth-order valence-electron chi connectivity index (χ4n) is 2.75. The SMILES string of the molecule is NC(=O)[C@H](CC[S@](=O)c1ccccc1)NC(=O)Cc1cc(C(F)(F)F)cc(C(F)(F)F)c1. The lowest BCUT2D eigenvalue weighted by Crippen LogP contribution is -2.45. The Morgan fingerprint density at radius 2 is 1.47 bits per heavy atom. The molecule has 5 nitrogen and oxygen atoms in total. The zero-order valence-electron chi connectivity index (χ0n) is 16.3. The van der Waals surface area contributed by atoms with Gasteiger partial charge in [0.25, 0.3) is 0 Å². The molecule has 2 aromatic rings. The van der Waals surface area contributed by atoms with E-state index in [0.29, 0.717) is 17.0 Å². The minimum Gasteiger partial charge on any atom is -0.368 e. The summed E-state index contributed by atoms with van der Waals surface area (Å²) in [7, 11) is -1.51. The van der Waals surface area contributed by atoms with Crippen LogP contribution in [0.25, 0.3) is 0 Å². The lowest BCUT2D eigenvalue weighted by Gasteiger charge is -2.17. The smallest absolute Gasteiger partial charge is 0.368 e. The van der Waals surface area contributed by atoms with E-state index < -0.39 is 64.1 Å². The number of nitrogens with two attached hydrogens (primary N) is 1. The van der Waals surface area contributed by atoms with Gasteiger partial charge in [-0.05, 0) is 42.3 Å². The van der Waals surface area contributed by atoms with E-state index in [1.807, 2.05) is 0 Å². The second-order valence-electron chi connectivity index (χ2n) is 6.76. The van der Waals surface area contributed by atoms with Crippen LogP contribution in [0.2, 0.25) is 0 Å². The van der Waals surface area contributed by atoms with Crippen molar-refractivity contribution in [3.63, 3.8) is 0 Å². The molecule has 0 saturated carbocycles. The van der Waals surface area contributed by atoms with Gasteiger partial charge in [-0.2, -0.15) is 26.3 Å². The van der Waals surface area contributed by atoms with Crippen LogP contribution in [-0.2, 0) is 39.2 Å². The van der Waals surface area contributed by atoms with Crippen LogP contribution >= 0.6 is 0 Å². The first kappa shape index (κ1) is 25.4. The first-order chi connectivity index (χ1) is 14.8. The molecule has 0 radical (unpaired) electrons. The lowest BCUT2D eigenvalue weighted by atomic mass is 10.0. The molecule has 0 saturated heterocycles. The van der Waals surface area contributed by atoms with Gasteiger partial charge in [0.2, 0.25) is 11.8 Å². The number of carbonyl (C=O) groups is 2. The maximum atomic E-state index is 12.9. The Morgan fingerprint density at radius 3 is 1.94 bits per heavy atom. The standard InChI is InChI=1S/C20H18F6N2O3S/c21-19(22,23)13-8-12(9-14(11-13)20(24,25)26)10-17(29)28-16(18(27)30)6-7-32(31)15-4-2-1-3-5-15/h1-5,8-9,11,16H,6-7,10H2,(H2,27,30)(H,28,29)/t16-,32-/m0/s1. The summed E-state index contributed by atoms with van der Waals surface area (Å²) in [6.07, 6.45) is -11.1. The molecule has 0 aliphatic rings. The molecular formula is C20H18F6N2O3S. The summed E-state index contributed by atoms with van der Waals surface area (Å²) in [5.74, 6) is -2.05. The Bertz CT molecular complexity index is 961. The summed E-state index contributed by atoms with van der Waals surface area (Å²) >= 11 is 0. The van der Waals surface area contributed by atoms with Crippen LogP contribution < -0.4 is 11.1 Å². The Labute approximate surface area is 181 Å². The van der Waals surface area contributed by atoms with Crippen molar-refractivity contribution in [1.82, 2.24) is 5.32 Å². The molecule has 2 amide bonds. The summed E-state index contributed by atoms with van der Waals surface area (Å²) < 4.78 is 89.9. The number of rotatable bonds is 8. The topological polar surface area (TPSA) is 89.3 Å². The van der Waals surface area contributed by atoms with Gasteiger partial charge in [-0.1, -0.05) is 18.2 Å². The van der Waals surface area contributed by atoms with E-state index in [2.05, 4.69) is 5.32 Å². The van der Waals surface area contributed by atoms with Gasteiger partial charge in [0.05, 0.1) is 28.3 Å². The van der Waals surface area contributed by atoms with Gasteiger partial charge < -0.3 is 11.1 Å². The van der Waals surface area contributed by atoms with Crippen molar-refractivity contribution in [2.45, 2.75) is 36.1 Å². The van der Waals surface area contributed by atoms with E-state index >= 15 is 0 Å². The number of primary amides is 1. The second kappa shape index (κ2) is 10.2. The molecule has 0 heterocycles. The highest BCUT2D eigenvalue weighted by Gasteiger charge is 2.37. The molecule has 3 N–H and O–H groups in total. The van der Waals surface area contributed by atoms with Gasteiger partial charge in [0.1, 0.15) is 6.04 Å². The van der Waals surface area contributed by atoms with Gasteiger partial charge in [-0.15, -0.1) is 0 Å². The van der Waals surface area contributed by atoms with Crippen molar-refractivity contribution in [3.8, 4) is 0 Å².